The monoisotopic (exact) mass is 265 g/mol. The second-order valence-corrected chi connectivity index (χ2v) is 5.89. The average molecular weight is 265 g/mol. The van der Waals surface area contributed by atoms with E-state index in [1.165, 1.54) is 5.56 Å². The number of benzene rings is 1. The third-order valence-corrected chi connectivity index (χ3v) is 4.41. The molecule has 4 heteroatoms. The molecule has 1 atom stereocenters. The highest BCUT2D eigenvalue weighted by Crippen LogP contribution is 2.26. The van der Waals surface area contributed by atoms with Crippen LogP contribution >= 0.6 is 11.8 Å². The molecule has 1 amide bonds. The fraction of sp³-hybridized carbons (Fsp3) is 0.500. The molecule has 1 saturated heterocycles. The minimum Gasteiger partial charge on any atom is -0.387 e. The molecular weight excluding hydrogens is 246 g/mol. The highest BCUT2D eigenvalue weighted by Gasteiger charge is 2.31. The summed E-state index contributed by atoms with van der Waals surface area (Å²) in [5.74, 6) is 1.73. The number of aryl methyl sites for hydroxylation is 1. The fourth-order valence-corrected chi connectivity index (χ4v) is 3.28. The van der Waals surface area contributed by atoms with E-state index in [2.05, 4.69) is 5.32 Å². The van der Waals surface area contributed by atoms with Gasteiger partial charge in [-0.15, -0.1) is 0 Å². The lowest BCUT2D eigenvalue weighted by Crippen LogP contribution is -2.43. The minimum atomic E-state index is -0.687. The molecule has 3 nitrogen and oxygen atoms in total. The summed E-state index contributed by atoms with van der Waals surface area (Å²) in [7, 11) is 0. The predicted molar refractivity (Wildman–Crippen MR) is 74.7 cm³/mol. The first kappa shape index (κ1) is 13.4. The van der Waals surface area contributed by atoms with E-state index in [1.54, 1.807) is 11.8 Å². The van der Waals surface area contributed by atoms with Crippen LogP contribution in [0.1, 0.15) is 18.4 Å². The van der Waals surface area contributed by atoms with E-state index < -0.39 is 5.60 Å². The topological polar surface area (TPSA) is 49.3 Å². The number of carbonyl (C=O) groups excluding carboxylic acids is 1. The highest BCUT2D eigenvalue weighted by atomic mass is 32.2. The molecule has 18 heavy (non-hydrogen) atoms. The molecule has 1 aromatic carbocycles. The minimum absolute atomic E-state index is 0.0178. The molecule has 1 aliphatic heterocycles. The Bertz CT molecular complexity index is 388. The van der Waals surface area contributed by atoms with E-state index in [1.807, 2.05) is 30.3 Å². The van der Waals surface area contributed by atoms with Gasteiger partial charge in [0, 0.05) is 18.7 Å². The van der Waals surface area contributed by atoms with Crippen molar-refractivity contribution in [1.82, 2.24) is 5.32 Å². The number of thioether (sulfide) groups is 1. The lowest BCUT2D eigenvalue weighted by atomic mass is 10.0. The number of hydrogen-bond acceptors (Lipinski definition) is 3. The van der Waals surface area contributed by atoms with Gasteiger partial charge in [-0.3, -0.25) is 4.79 Å². The Hall–Kier alpha value is -1.00. The van der Waals surface area contributed by atoms with Crippen LogP contribution < -0.4 is 5.32 Å². The van der Waals surface area contributed by atoms with Gasteiger partial charge >= 0.3 is 0 Å². The van der Waals surface area contributed by atoms with Gasteiger partial charge in [0.1, 0.15) is 0 Å². The van der Waals surface area contributed by atoms with Crippen molar-refractivity contribution in [2.45, 2.75) is 24.9 Å². The van der Waals surface area contributed by atoms with Crippen molar-refractivity contribution >= 4 is 17.7 Å². The van der Waals surface area contributed by atoms with Gasteiger partial charge < -0.3 is 10.4 Å². The molecule has 1 aromatic rings. The molecule has 0 radical (unpaired) electrons. The summed E-state index contributed by atoms with van der Waals surface area (Å²) < 4.78 is 0. The van der Waals surface area contributed by atoms with Crippen LogP contribution in [0.25, 0.3) is 0 Å². The summed E-state index contributed by atoms with van der Waals surface area (Å²) in [6, 6.07) is 9.97. The van der Waals surface area contributed by atoms with Crippen LogP contribution in [-0.2, 0) is 11.2 Å². The molecular formula is C14H19NO2S. The Balaban J connectivity index is 1.69. The summed E-state index contributed by atoms with van der Waals surface area (Å²) in [4.78, 5) is 11.7. The van der Waals surface area contributed by atoms with Gasteiger partial charge in [0.05, 0.1) is 5.60 Å². The molecule has 98 valence electrons. The fourth-order valence-electron chi connectivity index (χ4n) is 1.99. The lowest BCUT2D eigenvalue weighted by Gasteiger charge is -2.21. The molecule has 1 heterocycles. The first-order chi connectivity index (χ1) is 8.68. The SMILES string of the molecule is O=C(CCc1ccccc1)NCC1(O)CCSC1. The summed E-state index contributed by atoms with van der Waals surface area (Å²) >= 11 is 1.74. The molecule has 1 unspecified atom stereocenters. The maximum Gasteiger partial charge on any atom is 0.220 e. The molecule has 2 rings (SSSR count). The van der Waals surface area contributed by atoms with Crippen LogP contribution in [-0.4, -0.2) is 34.7 Å². The lowest BCUT2D eigenvalue weighted by molar-refractivity contribution is -0.122. The zero-order valence-corrected chi connectivity index (χ0v) is 11.2. The predicted octanol–water partition coefficient (Wildman–Crippen LogP) is 1.60. The summed E-state index contributed by atoms with van der Waals surface area (Å²) in [6.45, 7) is 0.383. The Morgan fingerprint density at radius 3 is 2.83 bits per heavy atom. The van der Waals surface area contributed by atoms with E-state index in [0.29, 0.717) is 13.0 Å². The van der Waals surface area contributed by atoms with Crippen molar-refractivity contribution in [3.8, 4) is 0 Å². The molecule has 1 fully saturated rings. The highest BCUT2D eigenvalue weighted by molar-refractivity contribution is 7.99. The van der Waals surface area contributed by atoms with Crippen molar-refractivity contribution in [1.29, 1.82) is 0 Å². The first-order valence-electron chi connectivity index (χ1n) is 6.29. The standard InChI is InChI=1S/C14H19NO2S/c16-13(7-6-12-4-2-1-3-5-12)15-10-14(17)8-9-18-11-14/h1-5,17H,6-11H2,(H,15,16). The van der Waals surface area contributed by atoms with Crippen LogP contribution in [0, 0.1) is 0 Å². The largest absolute Gasteiger partial charge is 0.387 e. The maximum atomic E-state index is 11.7. The Morgan fingerprint density at radius 2 is 2.17 bits per heavy atom. The van der Waals surface area contributed by atoms with Crippen LogP contribution in [0.5, 0.6) is 0 Å². The summed E-state index contributed by atoms with van der Waals surface area (Å²) in [6.07, 6.45) is 2.00. The van der Waals surface area contributed by atoms with Gasteiger partial charge in [-0.2, -0.15) is 11.8 Å². The molecule has 0 aliphatic carbocycles. The van der Waals surface area contributed by atoms with Gasteiger partial charge in [0.25, 0.3) is 0 Å². The number of amides is 1. The van der Waals surface area contributed by atoms with Crippen LogP contribution in [0.15, 0.2) is 30.3 Å². The summed E-state index contributed by atoms with van der Waals surface area (Å²) in [5, 5.41) is 12.9. The molecule has 0 bridgehead atoms. The molecule has 1 aliphatic rings. The van der Waals surface area contributed by atoms with Crippen LogP contribution in [0.4, 0.5) is 0 Å². The van der Waals surface area contributed by atoms with E-state index in [0.717, 1.165) is 24.3 Å². The van der Waals surface area contributed by atoms with Crippen molar-refractivity contribution < 1.29 is 9.90 Å². The zero-order valence-electron chi connectivity index (χ0n) is 10.4. The van der Waals surface area contributed by atoms with Crippen molar-refractivity contribution in [2.24, 2.45) is 0 Å². The zero-order chi connectivity index (χ0) is 12.8. The molecule has 0 spiro atoms. The third kappa shape index (κ3) is 4.03. The number of nitrogens with one attached hydrogen (secondary N) is 1. The van der Waals surface area contributed by atoms with E-state index in [-0.39, 0.29) is 5.91 Å². The molecule has 0 aromatic heterocycles. The summed E-state index contributed by atoms with van der Waals surface area (Å²) in [5.41, 5.74) is 0.482. The Labute approximate surface area is 112 Å². The van der Waals surface area contributed by atoms with Crippen molar-refractivity contribution in [2.75, 3.05) is 18.1 Å². The number of aliphatic hydroxyl groups is 1. The van der Waals surface area contributed by atoms with E-state index >= 15 is 0 Å². The van der Waals surface area contributed by atoms with E-state index in [9.17, 15) is 9.90 Å². The smallest absolute Gasteiger partial charge is 0.220 e. The van der Waals surface area contributed by atoms with Gasteiger partial charge in [0.2, 0.25) is 5.91 Å². The van der Waals surface area contributed by atoms with Crippen molar-refractivity contribution in [3.63, 3.8) is 0 Å². The average Bonchev–Trinajstić information content (AvgIpc) is 2.83. The number of rotatable bonds is 5. The van der Waals surface area contributed by atoms with Gasteiger partial charge in [-0.1, -0.05) is 30.3 Å². The van der Waals surface area contributed by atoms with Crippen LogP contribution in [0.3, 0.4) is 0 Å². The van der Waals surface area contributed by atoms with Crippen molar-refractivity contribution in [3.05, 3.63) is 35.9 Å². The second-order valence-electron chi connectivity index (χ2n) is 4.79. The van der Waals surface area contributed by atoms with Gasteiger partial charge in [-0.25, -0.2) is 0 Å². The maximum absolute atomic E-state index is 11.7. The normalized spacial score (nSPS) is 22.9. The van der Waals surface area contributed by atoms with Gasteiger partial charge in [-0.05, 0) is 24.2 Å². The Morgan fingerprint density at radius 1 is 1.39 bits per heavy atom. The molecule has 2 N–H and O–H groups in total. The number of carbonyl (C=O) groups is 1. The van der Waals surface area contributed by atoms with E-state index in [4.69, 9.17) is 0 Å². The third-order valence-electron chi connectivity index (χ3n) is 3.18. The molecule has 0 saturated carbocycles. The number of hydrogen-bond donors (Lipinski definition) is 2. The Kier molecular flexibility index (Phi) is 4.66. The van der Waals surface area contributed by atoms with Crippen LogP contribution in [0.2, 0.25) is 0 Å². The van der Waals surface area contributed by atoms with Gasteiger partial charge in [0.15, 0.2) is 0 Å². The first-order valence-corrected chi connectivity index (χ1v) is 7.44. The second kappa shape index (κ2) is 6.25. The quantitative estimate of drug-likeness (QED) is 0.850.